The monoisotopic (exact) mass is 352 g/mol. The summed E-state index contributed by atoms with van der Waals surface area (Å²) in [6, 6.07) is 14.5. The number of benzene rings is 2. The smallest absolute Gasteiger partial charge is 0.224 e. The van der Waals surface area contributed by atoms with Gasteiger partial charge in [-0.3, -0.25) is 4.79 Å². The number of nitrogens with one attached hydrogen (secondary N) is 1. The predicted molar refractivity (Wildman–Crippen MR) is 105 cm³/mol. The molecule has 0 heterocycles. The normalized spacial score (nSPS) is 14.2. The number of carbonyl (C=O) groups is 1. The molecule has 1 aliphatic carbocycles. The molecule has 0 saturated carbocycles. The first-order chi connectivity index (χ1) is 12.6. The minimum Gasteiger partial charge on any atom is -0.496 e. The van der Waals surface area contributed by atoms with Crippen LogP contribution in [-0.4, -0.2) is 38.6 Å². The van der Waals surface area contributed by atoms with Gasteiger partial charge in [-0.25, -0.2) is 0 Å². The summed E-state index contributed by atoms with van der Waals surface area (Å²) in [7, 11) is 5.71. The summed E-state index contributed by atoms with van der Waals surface area (Å²) in [5.41, 5.74) is 5.04. The third kappa shape index (κ3) is 4.25. The van der Waals surface area contributed by atoms with Crippen molar-refractivity contribution in [2.24, 2.45) is 0 Å². The van der Waals surface area contributed by atoms with E-state index in [1.165, 1.54) is 24.0 Å². The Morgan fingerprint density at radius 3 is 2.69 bits per heavy atom. The van der Waals surface area contributed by atoms with Crippen LogP contribution in [0.1, 0.15) is 34.7 Å². The lowest BCUT2D eigenvalue weighted by molar-refractivity contribution is -0.120. The highest BCUT2D eigenvalue weighted by molar-refractivity contribution is 5.78. The molecule has 1 unspecified atom stereocenters. The van der Waals surface area contributed by atoms with E-state index in [1.807, 2.05) is 32.3 Å². The summed E-state index contributed by atoms with van der Waals surface area (Å²) >= 11 is 0. The third-order valence-electron chi connectivity index (χ3n) is 5.14. The lowest BCUT2D eigenvalue weighted by Gasteiger charge is -2.26. The molecule has 1 amide bonds. The number of rotatable bonds is 7. The van der Waals surface area contributed by atoms with Crippen LogP contribution in [0.25, 0.3) is 0 Å². The first-order valence-electron chi connectivity index (χ1n) is 9.25. The Balaban J connectivity index is 1.63. The molecule has 0 saturated heterocycles. The molecule has 0 fully saturated rings. The number of hydrogen-bond donors (Lipinski definition) is 1. The molecule has 2 aromatic carbocycles. The van der Waals surface area contributed by atoms with Gasteiger partial charge in [0.05, 0.1) is 19.6 Å². The van der Waals surface area contributed by atoms with Crippen molar-refractivity contribution < 1.29 is 9.53 Å². The Morgan fingerprint density at radius 2 is 1.92 bits per heavy atom. The molecule has 4 heteroatoms. The van der Waals surface area contributed by atoms with Crippen LogP contribution < -0.4 is 10.1 Å². The molecule has 1 N–H and O–H groups in total. The molecule has 0 radical (unpaired) electrons. The fourth-order valence-corrected chi connectivity index (χ4v) is 3.71. The van der Waals surface area contributed by atoms with E-state index in [-0.39, 0.29) is 11.9 Å². The van der Waals surface area contributed by atoms with Gasteiger partial charge in [0.15, 0.2) is 0 Å². The van der Waals surface area contributed by atoms with Gasteiger partial charge in [-0.2, -0.15) is 0 Å². The first-order valence-corrected chi connectivity index (χ1v) is 9.25. The van der Waals surface area contributed by atoms with Crippen molar-refractivity contribution in [2.75, 3.05) is 27.7 Å². The van der Waals surface area contributed by atoms with Gasteiger partial charge in [0, 0.05) is 12.1 Å². The van der Waals surface area contributed by atoms with Gasteiger partial charge in [0.2, 0.25) is 5.91 Å². The fourth-order valence-electron chi connectivity index (χ4n) is 3.71. The average molecular weight is 352 g/mol. The van der Waals surface area contributed by atoms with Gasteiger partial charge < -0.3 is 15.0 Å². The molecule has 138 valence electrons. The van der Waals surface area contributed by atoms with Crippen molar-refractivity contribution in [3.63, 3.8) is 0 Å². The molecule has 3 rings (SSSR count). The Labute approximate surface area is 156 Å². The van der Waals surface area contributed by atoms with Crippen molar-refractivity contribution in [3.8, 4) is 5.75 Å². The van der Waals surface area contributed by atoms with Crippen LogP contribution >= 0.6 is 0 Å². The van der Waals surface area contributed by atoms with E-state index in [0.29, 0.717) is 13.0 Å². The second kappa shape index (κ2) is 8.37. The van der Waals surface area contributed by atoms with E-state index < -0.39 is 0 Å². The fraction of sp³-hybridized carbons (Fsp3) is 0.409. The molecular weight excluding hydrogens is 324 g/mol. The molecule has 0 aliphatic heterocycles. The van der Waals surface area contributed by atoms with Crippen molar-refractivity contribution >= 4 is 5.91 Å². The Bertz CT molecular complexity index is 770. The van der Waals surface area contributed by atoms with Crippen molar-refractivity contribution in [1.29, 1.82) is 0 Å². The lowest BCUT2D eigenvalue weighted by atomic mass is 10.0. The topological polar surface area (TPSA) is 41.6 Å². The summed E-state index contributed by atoms with van der Waals surface area (Å²) in [6.07, 6.45) is 3.97. The maximum Gasteiger partial charge on any atom is 0.224 e. The zero-order valence-corrected chi connectivity index (χ0v) is 15.9. The van der Waals surface area contributed by atoms with Gasteiger partial charge in [0.25, 0.3) is 0 Å². The Kier molecular flexibility index (Phi) is 5.94. The summed E-state index contributed by atoms with van der Waals surface area (Å²) in [5.74, 6) is 0.906. The second-order valence-corrected chi connectivity index (χ2v) is 7.16. The summed E-state index contributed by atoms with van der Waals surface area (Å²) < 4.78 is 5.48. The number of para-hydroxylation sites is 1. The van der Waals surface area contributed by atoms with Crippen molar-refractivity contribution in [1.82, 2.24) is 10.2 Å². The summed E-state index contributed by atoms with van der Waals surface area (Å²) in [5, 5.41) is 3.09. The zero-order valence-electron chi connectivity index (χ0n) is 15.9. The van der Waals surface area contributed by atoms with Gasteiger partial charge in [-0.1, -0.05) is 36.4 Å². The number of aryl methyl sites for hydroxylation is 2. The van der Waals surface area contributed by atoms with Crippen LogP contribution in [0.4, 0.5) is 0 Å². The van der Waals surface area contributed by atoms with Crippen LogP contribution in [0.5, 0.6) is 5.75 Å². The highest BCUT2D eigenvalue weighted by Gasteiger charge is 2.19. The lowest BCUT2D eigenvalue weighted by Crippen LogP contribution is -2.35. The number of nitrogens with zero attached hydrogens (tertiary/aromatic N) is 1. The second-order valence-electron chi connectivity index (χ2n) is 7.16. The predicted octanol–water partition coefficient (Wildman–Crippen LogP) is 3.15. The van der Waals surface area contributed by atoms with Gasteiger partial charge in [-0.15, -0.1) is 0 Å². The molecular formula is C22H28N2O2. The summed E-state index contributed by atoms with van der Waals surface area (Å²) in [4.78, 5) is 14.6. The van der Waals surface area contributed by atoms with E-state index in [9.17, 15) is 4.79 Å². The molecule has 0 spiro atoms. The number of carbonyl (C=O) groups excluding carboxylic acids is 1. The zero-order chi connectivity index (χ0) is 18.5. The van der Waals surface area contributed by atoms with Crippen molar-refractivity contribution in [2.45, 2.75) is 31.7 Å². The minimum absolute atomic E-state index is 0.0599. The molecule has 4 nitrogen and oxygen atoms in total. The standard InChI is InChI=1S/C22H28N2O2/c1-24(2)20(19-9-4-5-10-21(19)26-3)15-23-22(25)14-16-11-12-17-7-6-8-18(17)13-16/h4-5,9-13,20H,6-8,14-15H2,1-3H3,(H,23,25). The average Bonchev–Trinajstić information content (AvgIpc) is 3.09. The largest absolute Gasteiger partial charge is 0.496 e. The number of likely N-dealkylation sites (N-methyl/N-ethyl adjacent to an activating group) is 1. The number of methoxy groups -OCH3 is 1. The highest BCUT2D eigenvalue weighted by atomic mass is 16.5. The molecule has 0 aromatic heterocycles. The number of amides is 1. The quantitative estimate of drug-likeness (QED) is 0.832. The number of hydrogen-bond acceptors (Lipinski definition) is 3. The molecule has 0 bridgehead atoms. The van der Waals surface area contributed by atoms with Crippen LogP contribution in [-0.2, 0) is 24.1 Å². The van der Waals surface area contributed by atoms with Crippen LogP contribution in [0.15, 0.2) is 42.5 Å². The SMILES string of the molecule is COc1ccccc1C(CNC(=O)Cc1ccc2c(c1)CCC2)N(C)C. The molecule has 1 atom stereocenters. The maximum atomic E-state index is 12.5. The van der Waals surface area contributed by atoms with E-state index in [0.717, 1.165) is 23.3 Å². The number of ether oxygens (including phenoxy) is 1. The van der Waals surface area contributed by atoms with Crippen molar-refractivity contribution in [3.05, 3.63) is 64.7 Å². The summed E-state index contributed by atoms with van der Waals surface area (Å²) in [6.45, 7) is 0.553. The first kappa shape index (κ1) is 18.5. The van der Waals surface area contributed by atoms with Gasteiger partial charge in [-0.05, 0) is 56.1 Å². The molecule has 26 heavy (non-hydrogen) atoms. The van der Waals surface area contributed by atoms with Crippen LogP contribution in [0.2, 0.25) is 0 Å². The number of fused-ring (bicyclic) bond motifs is 1. The molecule has 1 aliphatic rings. The van der Waals surface area contributed by atoms with Crippen LogP contribution in [0.3, 0.4) is 0 Å². The van der Waals surface area contributed by atoms with Gasteiger partial charge >= 0.3 is 0 Å². The Morgan fingerprint density at radius 1 is 1.15 bits per heavy atom. The highest BCUT2D eigenvalue weighted by Crippen LogP contribution is 2.27. The maximum absolute atomic E-state index is 12.5. The third-order valence-corrected chi connectivity index (χ3v) is 5.14. The molecule has 2 aromatic rings. The van der Waals surface area contributed by atoms with Gasteiger partial charge in [0.1, 0.15) is 5.75 Å². The van der Waals surface area contributed by atoms with E-state index in [4.69, 9.17) is 4.74 Å². The van der Waals surface area contributed by atoms with Crippen LogP contribution in [0, 0.1) is 0 Å². The minimum atomic E-state index is 0.0599. The Hall–Kier alpha value is -2.33. The van der Waals surface area contributed by atoms with E-state index in [1.54, 1.807) is 7.11 Å². The van der Waals surface area contributed by atoms with E-state index >= 15 is 0 Å². The van der Waals surface area contributed by atoms with E-state index in [2.05, 4.69) is 34.5 Å².